The molecule has 0 bridgehead atoms. The molecule has 0 aromatic carbocycles. The summed E-state index contributed by atoms with van der Waals surface area (Å²) < 4.78 is 61.3. The zero-order valence-electron chi connectivity index (χ0n) is 7.44. The fourth-order valence-electron chi connectivity index (χ4n) is 1.09. The molecule has 8 heteroatoms. The maximum atomic E-state index is 12.3. The third kappa shape index (κ3) is 2.26. The van der Waals surface area contributed by atoms with Crippen molar-refractivity contribution in [3.8, 4) is 0 Å². The Morgan fingerprint density at radius 2 is 1.88 bits per heavy atom. The monoisotopic (exact) mass is 241 g/mol. The minimum Gasteiger partial charge on any atom is -0.348 e. The van der Waals surface area contributed by atoms with Gasteiger partial charge in [-0.1, -0.05) is 0 Å². The molecule has 0 fully saturated rings. The number of hydrogen-bond acceptors (Lipinski definition) is 2. The van der Waals surface area contributed by atoms with Crippen molar-refractivity contribution in [3.63, 3.8) is 0 Å². The SMILES string of the molecule is O=Cc1cc(=O)c(C(F)F)c(C(F)(F)F)[nH]1. The summed E-state index contributed by atoms with van der Waals surface area (Å²) in [6.45, 7) is 0. The molecule has 0 aliphatic rings. The molecule has 0 aliphatic carbocycles. The molecule has 1 rings (SSSR count). The molecule has 1 aromatic rings. The second-order valence-electron chi connectivity index (χ2n) is 2.79. The molecule has 0 saturated heterocycles. The van der Waals surface area contributed by atoms with Crippen molar-refractivity contribution >= 4 is 6.29 Å². The number of aromatic amines is 1. The van der Waals surface area contributed by atoms with Crippen LogP contribution in [0.25, 0.3) is 0 Å². The number of nitrogens with one attached hydrogen (secondary N) is 1. The van der Waals surface area contributed by atoms with Gasteiger partial charge in [-0.15, -0.1) is 0 Å². The first-order valence-electron chi connectivity index (χ1n) is 3.85. The normalized spacial score (nSPS) is 11.9. The lowest BCUT2D eigenvalue weighted by Crippen LogP contribution is -2.22. The minimum absolute atomic E-state index is 0.0636. The molecule has 88 valence electrons. The van der Waals surface area contributed by atoms with Crippen molar-refractivity contribution in [3.05, 3.63) is 33.2 Å². The third-order valence-corrected chi connectivity index (χ3v) is 1.72. The zero-order valence-corrected chi connectivity index (χ0v) is 7.44. The van der Waals surface area contributed by atoms with Gasteiger partial charge in [0, 0.05) is 6.07 Å². The maximum Gasteiger partial charge on any atom is 0.431 e. The first-order valence-corrected chi connectivity index (χ1v) is 3.85. The van der Waals surface area contributed by atoms with Crippen LogP contribution in [0.5, 0.6) is 0 Å². The van der Waals surface area contributed by atoms with Crippen LogP contribution in [0.4, 0.5) is 22.0 Å². The number of carbonyl (C=O) groups is 1. The van der Waals surface area contributed by atoms with Gasteiger partial charge in [0.2, 0.25) is 0 Å². The highest BCUT2D eigenvalue weighted by Gasteiger charge is 2.38. The van der Waals surface area contributed by atoms with E-state index in [2.05, 4.69) is 0 Å². The van der Waals surface area contributed by atoms with Gasteiger partial charge in [0.1, 0.15) is 5.69 Å². The second kappa shape index (κ2) is 4.03. The summed E-state index contributed by atoms with van der Waals surface area (Å²) in [5, 5.41) is 0. The predicted molar refractivity (Wildman–Crippen MR) is 42.4 cm³/mol. The Morgan fingerprint density at radius 1 is 1.31 bits per heavy atom. The largest absolute Gasteiger partial charge is 0.431 e. The van der Waals surface area contributed by atoms with Crippen molar-refractivity contribution < 1.29 is 26.7 Å². The summed E-state index contributed by atoms with van der Waals surface area (Å²) in [6.07, 6.45) is -8.78. The Bertz CT molecular complexity index is 462. The molecule has 0 radical (unpaired) electrons. The van der Waals surface area contributed by atoms with Crippen LogP contribution in [0.1, 0.15) is 28.2 Å². The number of halogens is 5. The molecule has 0 amide bonds. The quantitative estimate of drug-likeness (QED) is 0.637. The molecule has 0 unspecified atom stereocenters. The summed E-state index contributed by atoms with van der Waals surface area (Å²) in [5.41, 5.74) is -5.81. The van der Waals surface area contributed by atoms with Crippen LogP contribution >= 0.6 is 0 Å². The average Bonchev–Trinajstić information content (AvgIpc) is 2.14. The molecule has 16 heavy (non-hydrogen) atoms. The van der Waals surface area contributed by atoms with Crippen molar-refractivity contribution in [2.45, 2.75) is 12.6 Å². The van der Waals surface area contributed by atoms with Crippen molar-refractivity contribution in [2.75, 3.05) is 0 Å². The fraction of sp³-hybridized carbons (Fsp3) is 0.250. The first-order chi connectivity index (χ1) is 7.27. The number of hydrogen-bond donors (Lipinski definition) is 1. The van der Waals surface area contributed by atoms with E-state index < -0.39 is 35.0 Å². The van der Waals surface area contributed by atoms with E-state index in [1.807, 2.05) is 0 Å². The van der Waals surface area contributed by atoms with Crippen molar-refractivity contribution in [1.29, 1.82) is 0 Å². The Morgan fingerprint density at radius 3 is 2.25 bits per heavy atom. The van der Waals surface area contributed by atoms with Gasteiger partial charge in [-0.2, -0.15) is 13.2 Å². The first kappa shape index (κ1) is 12.3. The summed E-state index contributed by atoms with van der Waals surface area (Å²) in [7, 11) is 0. The number of rotatable bonds is 2. The lowest BCUT2D eigenvalue weighted by molar-refractivity contribution is -0.143. The molecule has 0 saturated carbocycles. The van der Waals surface area contributed by atoms with Gasteiger partial charge in [0.25, 0.3) is 6.43 Å². The summed E-state index contributed by atoms with van der Waals surface area (Å²) in [6, 6.07) is 0.393. The van der Waals surface area contributed by atoms with Gasteiger partial charge in [0.15, 0.2) is 11.7 Å². The predicted octanol–water partition coefficient (Wildman–Crippen LogP) is 2.14. The highest BCUT2D eigenvalue weighted by molar-refractivity contribution is 5.71. The Balaban J connectivity index is 3.60. The smallest absolute Gasteiger partial charge is 0.348 e. The van der Waals surface area contributed by atoms with Gasteiger partial charge in [-0.3, -0.25) is 9.59 Å². The van der Waals surface area contributed by atoms with Crippen LogP contribution in [-0.2, 0) is 6.18 Å². The Hall–Kier alpha value is -1.73. The zero-order chi connectivity index (χ0) is 12.5. The minimum atomic E-state index is -5.15. The Labute approximate surface area is 84.9 Å². The van der Waals surface area contributed by atoms with Crippen LogP contribution in [-0.4, -0.2) is 11.3 Å². The lowest BCUT2D eigenvalue weighted by atomic mass is 10.1. The second-order valence-corrected chi connectivity index (χ2v) is 2.79. The summed E-state index contributed by atoms with van der Waals surface area (Å²) in [5.74, 6) is 0. The van der Waals surface area contributed by atoms with Gasteiger partial charge < -0.3 is 4.98 Å². The lowest BCUT2D eigenvalue weighted by Gasteiger charge is -2.11. The molecule has 0 aliphatic heterocycles. The van der Waals surface area contributed by atoms with E-state index in [4.69, 9.17) is 0 Å². The van der Waals surface area contributed by atoms with Crippen molar-refractivity contribution in [2.24, 2.45) is 0 Å². The molecule has 3 nitrogen and oxygen atoms in total. The molecular formula is C8H4F5NO2. The van der Waals surface area contributed by atoms with E-state index in [0.717, 1.165) is 0 Å². The number of pyridine rings is 1. The Kier molecular flexibility index (Phi) is 3.11. The van der Waals surface area contributed by atoms with Crippen molar-refractivity contribution in [1.82, 2.24) is 4.98 Å². The van der Waals surface area contributed by atoms with E-state index in [9.17, 15) is 31.5 Å². The van der Waals surface area contributed by atoms with E-state index in [-0.39, 0.29) is 6.29 Å². The molecule has 1 aromatic heterocycles. The van der Waals surface area contributed by atoms with Crippen LogP contribution < -0.4 is 5.43 Å². The number of aromatic nitrogens is 1. The summed E-state index contributed by atoms with van der Waals surface area (Å²) >= 11 is 0. The van der Waals surface area contributed by atoms with Crippen LogP contribution in [0, 0.1) is 0 Å². The fourth-order valence-corrected chi connectivity index (χ4v) is 1.09. The number of carbonyl (C=O) groups excluding carboxylic acids is 1. The highest BCUT2D eigenvalue weighted by Crippen LogP contribution is 2.33. The number of alkyl halides is 5. The van der Waals surface area contributed by atoms with Gasteiger partial charge >= 0.3 is 6.18 Å². The van der Waals surface area contributed by atoms with Crippen LogP contribution in [0.2, 0.25) is 0 Å². The van der Waals surface area contributed by atoms with Gasteiger partial charge in [-0.05, 0) is 0 Å². The molecule has 1 N–H and O–H groups in total. The summed E-state index contributed by atoms with van der Waals surface area (Å²) in [4.78, 5) is 22.6. The van der Waals surface area contributed by atoms with E-state index in [1.165, 1.54) is 4.98 Å². The van der Waals surface area contributed by atoms with E-state index in [0.29, 0.717) is 6.07 Å². The molecule has 0 spiro atoms. The number of H-pyrrole nitrogens is 1. The molecule has 1 heterocycles. The molecular weight excluding hydrogens is 237 g/mol. The average molecular weight is 241 g/mol. The van der Waals surface area contributed by atoms with E-state index in [1.54, 1.807) is 0 Å². The third-order valence-electron chi connectivity index (χ3n) is 1.72. The highest BCUT2D eigenvalue weighted by atomic mass is 19.4. The van der Waals surface area contributed by atoms with E-state index >= 15 is 0 Å². The maximum absolute atomic E-state index is 12.3. The standard InChI is InChI=1S/C8H4F5NO2/c9-7(10)5-4(16)1-3(2-15)14-6(5)8(11,12)13/h1-2,7H,(H,14,16). The van der Waals surface area contributed by atoms with Gasteiger partial charge in [0.05, 0.1) is 11.3 Å². The topological polar surface area (TPSA) is 49.9 Å². The molecule has 0 atom stereocenters. The van der Waals surface area contributed by atoms with Crippen LogP contribution in [0.3, 0.4) is 0 Å². The van der Waals surface area contributed by atoms with Crippen LogP contribution in [0.15, 0.2) is 10.9 Å². The number of aldehydes is 1. The van der Waals surface area contributed by atoms with Gasteiger partial charge in [-0.25, -0.2) is 8.78 Å².